The summed E-state index contributed by atoms with van der Waals surface area (Å²) >= 11 is 7.24. The van der Waals surface area contributed by atoms with Crippen LogP contribution in [0.15, 0.2) is 63.9 Å². The number of aromatic nitrogens is 1. The molecule has 6 heteroatoms. The Morgan fingerprint density at radius 1 is 1.16 bits per heavy atom. The number of nitrogens with zero attached hydrogens (tertiary/aromatic N) is 1. The Hall–Kier alpha value is -2.24. The molecule has 0 bridgehead atoms. The molecule has 0 atom stereocenters. The maximum Gasteiger partial charge on any atom is 0.316 e. The van der Waals surface area contributed by atoms with Crippen LogP contribution >= 0.6 is 23.4 Å². The van der Waals surface area contributed by atoms with E-state index in [9.17, 15) is 4.79 Å². The van der Waals surface area contributed by atoms with Gasteiger partial charge in [-0.25, -0.2) is 4.98 Å². The van der Waals surface area contributed by atoms with E-state index in [1.807, 2.05) is 49.4 Å². The first-order chi connectivity index (χ1) is 12.1. The Kier molecular flexibility index (Phi) is 5.79. The van der Waals surface area contributed by atoms with Gasteiger partial charge in [-0.1, -0.05) is 29.8 Å². The highest BCUT2D eigenvalue weighted by Crippen LogP contribution is 2.23. The third kappa shape index (κ3) is 4.87. The summed E-state index contributed by atoms with van der Waals surface area (Å²) in [6, 6.07) is 16.9. The van der Waals surface area contributed by atoms with Crippen molar-refractivity contribution in [3.05, 3.63) is 71.1 Å². The van der Waals surface area contributed by atoms with Gasteiger partial charge in [-0.2, -0.15) is 0 Å². The quantitative estimate of drug-likeness (QED) is 0.442. The summed E-state index contributed by atoms with van der Waals surface area (Å²) in [6.07, 6.45) is 0. The van der Waals surface area contributed by atoms with E-state index in [0.717, 1.165) is 10.5 Å². The third-order valence-electron chi connectivity index (χ3n) is 3.45. The molecule has 0 saturated carbocycles. The average molecular weight is 374 g/mol. The lowest BCUT2D eigenvalue weighted by atomic mass is 10.2. The molecule has 0 fully saturated rings. The highest BCUT2D eigenvalue weighted by Gasteiger charge is 2.13. The van der Waals surface area contributed by atoms with Crippen molar-refractivity contribution in [2.45, 2.75) is 18.4 Å². The summed E-state index contributed by atoms with van der Waals surface area (Å²) in [5, 5.41) is 0.669. The zero-order valence-electron chi connectivity index (χ0n) is 13.6. The van der Waals surface area contributed by atoms with Crippen molar-refractivity contribution in [2.75, 3.05) is 5.75 Å². The number of esters is 1. The van der Waals surface area contributed by atoms with Crippen molar-refractivity contribution in [2.24, 2.45) is 0 Å². The summed E-state index contributed by atoms with van der Waals surface area (Å²) in [4.78, 5) is 17.3. The van der Waals surface area contributed by atoms with Gasteiger partial charge < -0.3 is 9.15 Å². The molecule has 0 amide bonds. The molecule has 0 radical (unpaired) electrons. The molecule has 0 aliphatic rings. The number of hydrogen-bond acceptors (Lipinski definition) is 5. The normalized spacial score (nSPS) is 10.6. The Bertz CT molecular complexity index is 847. The van der Waals surface area contributed by atoms with Crippen molar-refractivity contribution in [1.29, 1.82) is 0 Å². The van der Waals surface area contributed by atoms with Crippen molar-refractivity contribution in [1.82, 2.24) is 4.98 Å². The van der Waals surface area contributed by atoms with Crippen molar-refractivity contribution < 1.29 is 13.9 Å². The minimum atomic E-state index is -0.302. The van der Waals surface area contributed by atoms with Crippen LogP contribution in [-0.4, -0.2) is 16.7 Å². The maximum absolute atomic E-state index is 11.9. The number of carbonyl (C=O) groups excluding carboxylic acids is 1. The van der Waals surface area contributed by atoms with Crippen LogP contribution in [0.5, 0.6) is 0 Å². The minimum Gasteiger partial charge on any atom is -0.458 e. The van der Waals surface area contributed by atoms with Gasteiger partial charge in [0.25, 0.3) is 0 Å². The van der Waals surface area contributed by atoms with Crippen LogP contribution in [0.2, 0.25) is 5.02 Å². The van der Waals surface area contributed by atoms with E-state index >= 15 is 0 Å². The summed E-state index contributed by atoms with van der Waals surface area (Å²) < 4.78 is 10.9. The average Bonchev–Trinajstić information content (AvgIpc) is 3.01. The fourth-order valence-electron chi connectivity index (χ4n) is 2.13. The molecule has 0 aliphatic carbocycles. The van der Waals surface area contributed by atoms with Gasteiger partial charge >= 0.3 is 5.97 Å². The van der Waals surface area contributed by atoms with Gasteiger partial charge in [0.1, 0.15) is 18.1 Å². The summed E-state index contributed by atoms with van der Waals surface area (Å²) in [5.41, 5.74) is 1.52. The minimum absolute atomic E-state index is 0.0994. The summed E-state index contributed by atoms with van der Waals surface area (Å²) in [5.74, 6) is 1.10. The van der Waals surface area contributed by atoms with Crippen LogP contribution < -0.4 is 0 Å². The monoisotopic (exact) mass is 373 g/mol. The van der Waals surface area contributed by atoms with Crippen LogP contribution in [0.1, 0.15) is 11.5 Å². The second kappa shape index (κ2) is 8.23. The predicted molar refractivity (Wildman–Crippen MR) is 98.6 cm³/mol. The number of thioether (sulfide) groups is 1. The van der Waals surface area contributed by atoms with Gasteiger partial charge in [-0.15, -0.1) is 11.8 Å². The SMILES string of the molecule is Cc1oc(-c2ccccc2)nc1COC(=O)CSc1ccc(Cl)cc1. The molecule has 25 heavy (non-hydrogen) atoms. The van der Waals surface area contributed by atoms with Crippen LogP contribution in [0.3, 0.4) is 0 Å². The van der Waals surface area contributed by atoms with Crippen LogP contribution in [0.4, 0.5) is 0 Å². The number of rotatable bonds is 6. The van der Waals surface area contributed by atoms with Crippen LogP contribution in [0.25, 0.3) is 11.5 Å². The molecule has 0 aliphatic heterocycles. The summed E-state index contributed by atoms with van der Waals surface area (Å²) in [7, 11) is 0. The maximum atomic E-state index is 11.9. The smallest absolute Gasteiger partial charge is 0.316 e. The number of hydrogen-bond donors (Lipinski definition) is 0. The van der Waals surface area contributed by atoms with Crippen LogP contribution in [0, 0.1) is 6.92 Å². The zero-order valence-corrected chi connectivity index (χ0v) is 15.1. The molecule has 3 rings (SSSR count). The molecule has 0 saturated heterocycles. The second-order valence-corrected chi connectivity index (χ2v) is 6.78. The van der Waals surface area contributed by atoms with E-state index in [-0.39, 0.29) is 18.3 Å². The molecule has 3 aromatic rings. The molecule has 1 aromatic heterocycles. The lowest BCUT2D eigenvalue weighted by molar-refractivity contribution is -0.141. The van der Waals surface area contributed by atoms with Gasteiger partial charge in [-0.05, 0) is 43.3 Å². The number of oxazole rings is 1. The van der Waals surface area contributed by atoms with E-state index in [1.165, 1.54) is 11.8 Å². The lowest BCUT2D eigenvalue weighted by Gasteiger charge is -2.03. The fourth-order valence-corrected chi connectivity index (χ4v) is 2.95. The molecule has 0 unspecified atom stereocenters. The van der Waals surface area contributed by atoms with Crippen LogP contribution in [-0.2, 0) is 16.1 Å². The largest absolute Gasteiger partial charge is 0.458 e. The Morgan fingerprint density at radius 3 is 2.60 bits per heavy atom. The van der Waals surface area contributed by atoms with Gasteiger partial charge in [0.05, 0.1) is 5.75 Å². The second-order valence-electron chi connectivity index (χ2n) is 5.29. The molecule has 0 spiro atoms. The number of benzene rings is 2. The molecule has 1 heterocycles. The Balaban J connectivity index is 1.53. The van der Waals surface area contributed by atoms with Crippen molar-refractivity contribution in [3.63, 3.8) is 0 Å². The highest BCUT2D eigenvalue weighted by atomic mass is 35.5. The first-order valence-electron chi connectivity index (χ1n) is 7.67. The number of ether oxygens (including phenoxy) is 1. The van der Waals surface area contributed by atoms with Crippen molar-refractivity contribution >= 4 is 29.3 Å². The molecule has 4 nitrogen and oxygen atoms in total. The van der Waals surface area contributed by atoms with E-state index in [0.29, 0.717) is 22.4 Å². The van der Waals surface area contributed by atoms with Gasteiger partial charge in [0, 0.05) is 15.5 Å². The standard InChI is InChI=1S/C19H16ClNO3S/c1-13-17(21-19(24-13)14-5-3-2-4-6-14)11-23-18(22)12-25-16-9-7-15(20)8-10-16/h2-10H,11-12H2,1H3. The molecular weight excluding hydrogens is 358 g/mol. The molecule has 2 aromatic carbocycles. The van der Waals surface area contributed by atoms with E-state index in [1.54, 1.807) is 12.1 Å². The van der Waals surface area contributed by atoms with Gasteiger partial charge in [0.15, 0.2) is 0 Å². The number of carbonyl (C=O) groups is 1. The third-order valence-corrected chi connectivity index (χ3v) is 4.69. The number of halogens is 1. The van der Waals surface area contributed by atoms with Gasteiger partial charge in [0.2, 0.25) is 5.89 Å². The molecule has 128 valence electrons. The lowest BCUT2D eigenvalue weighted by Crippen LogP contribution is -2.08. The topological polar surface area (TPSA) is 52.3 Å². The highest BCUT2D eigenvalue weighted by molar-refractivity contribution is 8.00. The Morgan fingerprint density at radius 2 is 1.88 bits per heavy atom. The van der Waals surface area contributed by atoms with Gasteiger partial charge in [-0.3, -0.25) is 4.79 Å². The number of aryl methyl sites for hydroxylation is 1. The zero-order chi connectivity index (χ0) is 17.6. The first-order valence-corrected chi connectivity index (χ1v) is 9.04. The van der Waals surface area contributed by atoms with Crippen molar-refractivity contribution in [3.8, 4) is 11.5 Å². The molecule has 0 N–H and O–H groups in total. The Labute approximate surface area is 155 Å². The molecular formula is C19H16ClNO3S. The van der Waals surface area contributed by atoms with E-state index in [2.05, 4.69) is 4.98 Å². The predicted octanol–water partition coefficient (Wildman–Crippen LogP) is 5.14. The summed E-state index contributed by atoms with van der Waals surface area (Å²) in [6.45, 7) is 1.91. The fraction of sp³-hybridized carbons (Fsp3) is 0.158. The van der Waals surface area contributed by atoms with E-state index in [4.69, 9.17) is 20.8 Å². The van der Waals surface area contributed by atoms with E-state index < -0.39 is 0 Å². The first kappa shape index (κ1) is 17.6.